The molecular weight excluding hydrogens is 300 g/mol. The number of aromatic nitrogens is 1. The van der Waals surface area contributed by atoms with Crippen LogP contribution in [0.15, 0.2) is 54.9 Å². The normalized spacial score (nSPS) is 16.9. The van der Waals surface area contributed by atoms with Gasteiger partial charge in [-0.1, -0.05) is 30.3 Å². The van der Waals surface area contributed by atoms with Crippen molar-refractivity contribution in [2.45, 2.75) is 38.3 Å². The molecule has 0 bridgehead atoms. The fraction of sp³-hybridized carbons (Fsp3) is 0.400. The highest BCUT2D eigenvalue weighted by atomic mass is 16.5. The molecule has 24 heavy (non-hydrogen) atoms. The third-order valence-electron chi connectivity index (χ3n) is 4.41. The van der Waals surface area contributed by atoms with E-state index in [4.69, 9.17) is 4.74 Å². The van der Waals surface area contributed by atoms with Gasteiger partial charge in [0.25, 0.3) is 0 Å². The average molecular weight is 324 g/mol. The van der Waals surface area contributed by atoms with Gasteiger partial charge < -0.3 is 9.64 Å². The molecule has 0 saturated carbocycles. The third kappa shape index (κ3) is 4.90. The molecule has 1 saturated heterocycles. The minimum Gasteiger partial charge on any atom is -0.378 e. The average Bonchev–Trinajstić information content (AvgIpc) is 3.13. The summed E-state index contributed by atoms with van der Waals surface area (Å²) in [6.45, 7) is 2.13. The molecule has 1 fully saturated rings. The van der Waals surface area contributed by atoms with Gasteiger partial charge in [-0.25, -0.2) is 0 Å². The van der Waals surface area contributed by atoms with Crippen LogP contribution in [0.2, 0.25) is 0 Å². The first kappa shape index (κ1) is 16.7. The highest BCUT2D eigenvalue weighted by molar-refractivity contribution is 5.76. The Balaban J connectivity index is 1.63. The Hall–Kier alpha value is -2.20. The van der Waals surface area contributed by atoms with Crippen LogP contribution in [-0.2, 0) is 22.5 Å². The molecule has 1 atom stereocenters. The number of nitrogens with zero attached hydrogens (tertiary/aromatic N) is 2. The van der Waals surface area contributed by atoms with Gasteiger partial charge in [0.15, 0.2) is 0 Å². The van der Waals surface area contributed by atoms with Crippen LogP contribution in [0.5, 0.6) is 0 Å². The molecule has 4 heteroatoms. The van der Waals surface area contributed by atoms with Crippen molar-refractivity contribution in [2.24, 2.45) is 0 Å². The van der Waals surface area contributed by atoms with Crippen molar-refractivity contribution in [3.05, 3.63) is 66.0 Å². The number of hydrogen-bond acceptors (Lipinski definition) is 3. The number of rotatable bonds is 7. The van der Waals surface area contributed by atoms with Gasteiger partial charge in [0.2, 0.25) is 5.91 Å². The summed E-state index contributed by atoms with van der Waals surface area (Å²) in [5.74, 6) is 0.176. The van der Waals surface area contributed by atoms with Crippen molar-refractivity contribution >= 4 is 5.91 Å². The van der Waals surface area contributed by atoms with Crippen LogP contribution in [0.4, 0.5) is 0 Å². The maximum Gasteiger partial charge on any atom is 0.225 e. The first-order valence-electron chi connectivity index (χ1n) is 8.63. The lowest BCUT2D eigenvalue weighted by atomic mass is 10.1. The molecule has 1 amide bonds. The predicted molar refractivity (Wildman–Crippen MR) is 93.4 cm³/mol. The summed E-state index contributed by atoms with van der Waals surface area (Å²) in [6.07, 6.45) is 7.04. The van der Waals surface area contributed by atoms with Crippen LogP contribution < -0.4 is 0 Å². The van der Waals surface area contributed by atoms with Crippen LogP contribution in [0, 0.1) is 0 Å². The van der Waals surface area contributed by atoms with Gasteiger partial charge >= 0.3 is 0 Å². The molecule has 0 spiro atoms. The fourth-order valence-electron chi connectivity index (χ4n) is 3.04. The second-order valence-corrected chi connectivity index (χ2v) is 6.25. The second-order valence-electron chi connectivity index (χ2n) is 6.25. The van der Waals surface area contributed by atoms with Gasteiger partial charge in [0, 0.05) is 32.1 Å². The summed E-state index contributed by atoms with van der Waals surface area (Å²) in [6, 6.07) is 14.2. The smallest absolute Gasteiger partial charge is 0.225 e. The third-order valence-corrected chi connectivity index (χ3v) is 4.41. The van der Waals surface area contributed by atoms with Crippen LogP contribution >= 0.6 is 0 Å². The highest BCUT2D eigenvalue weighted by Crippen LogP contribution is 2.17. The largest absolute Gasteiger partial charge is 0.378 e. The van der Waals surface area contributed by atoms with Crippen molar-refractivity contribution in [2.75, 3.05) is 13.2 Å². The van der Waals surface area contributed by atoms with Gasteiger partial charge in [-0.05, 0) is 42.5 Å². The van der Waals surface area contributed by atoms with Gasteiger partial charge in [-0.15, -0.1) is 0 Å². The minimum atomic E-state index is 0.0918. The zero-order valence-corrected chi connectivity index (χ0v) is 13.9. The van der Waals surface area contributed by atoms with Crippen molar-refractivity contribution in [3.63, 3.8) is 0 Å². The summed E-state index contributed by atoms with van der Waals surface area (Å²) >= 11 is 0. The van der Waals surface area contributed by atoms with Crippen molar-refractivity contribution < 1.29 is 9.53 Å². The number of carbonyl (C=O) groups excluding carboxylic acids is 1. The zero-order valence-electron chi connectivity index (χ0n) is 13.9. The number of pyridine rings is 1. The Morgan fingerprint density at radius 2 is 1.92 bits per heavy atom. The van der Waals surface area contributed by atoms with Gasteiger partial charge in [-0.2, -0.15) is 0 Å². The lowest BCUT2D eigenvalue weighted by molar-refractivity contribution is -0.134. The number of ether oxygens (including phenoxy) is 1. The van der Waals surface area contributed by atoms with Crippen molar-refractivity contribution in [1.82, 2.24) is 9.88 Å². The summed E-state index contributed by atoms with van der Waals surface area (Å²) < 4.78 is 5.63. The van der Waals surface area contributed by atoms with E-state index in [2.05, 4.69) is 17.1 Å². The number of hydrogen-bond donors (Lipinski definition) is 0. The predicted octanol–water partition coefficient (Wildman–Crippen LogP) is 3.22. The molecule has 0 radical (unpaired) electrons. The SMILES string of the molecule is O=C(C[C@@H]1CCCO1)N(CCc1ccccc1)Cc1ccncc1. The van der Waals surface area contributed by atoms with E-state index >= 15 is 0 Å². The monoisotopic (exact) mass is 324 g/mol. The molecule has 2 aromatic rings. The fourth-order valence-corrected chi connectivity index (χ4v) is 3.04. The number of carbonyl (C=O) groups is 1. The Morgan fingerprint density at radius 3 is 2.62 bits per heavy atom. The summed E-state index contributed by atoms with van der Waals surface area (Å²) in [4.78, 5) is 18.8. The van der Waals surface area contributed by atoms with Gasteiger partial charge in [-0.3, -0.25) is 9.78 Å². The van der Waals surface area contributed by atoms with E-state index in [1.54, 1.807) is 12.4 Å². The number of amides is 1. The molecule has 0 N–H and O–H groups in total. The molecule has 4 nitrogen and oxygen atoms in total. The van der Waals surface area contributed by atoms with E-state index in [1.165, 1.54) is 5.56 Å². The Bertz CT molecular complexity index is 625. The summed E-state index contributed by atoms with van der Waals surface area (Å²) in [7, 11) is 0. The van der Waals surface area contributed by atoms with Crippen LogP contribution in [0.25, 0.3) is 0 Å². The molecular formula is C20H24N2O2. The van der Waals surface area contributed by atoms with Crippen molar-refractivity contribution in [3.8, 4) is 0 Å². The molecule has 0 aliphatic carbocycles. The van der Waals surface area contributed by atoms with Crippen LogP contribution in [0.3, 0.4) is 0 Å². The van der Waals surface area contributed by atoms with E-state index in [0.717, 1.165) is 38.0 Å². The molecule has 1 aliphatic rings. The van der Waals surface area contributed by atoms with Crippen LogP contribution in [0.1, 0.15) is 30.4 Å². The van der Waals surface area contributed by atoms with E-state index in [1.807, 2.05) is 35.2 Å². The molecule has 1 aromatic carbocycles. The summed E-state index contributed by atoms with van der Waals surface area (Å²) in [5, 5.41) is 0. The Morgan fingerprint density at radius 1 is 1.12 bits per heavy atom. The molecule has 126 valence electrons. The van der Waals surface area contributed by atoms with Crippen LogP contribution in [-0.4, -0.2) is 35.0 Å². The molecule has 3 rings (SSSR count). The standard InChI is InChI=1S/C20H24N2O2/c23-20(15-19-7-4-14-24-19)22(16-18-8-11-21-12-9-18)13-10-17-5-2-1-3-6-17/h1-3,5-6,8-9,11-12,19H,4,7,10,13-16H2/t19-/m0/s1. The van der Waals surface area contributed by atoms with E-state index in [0.29, 0.717) is 13.0 Å². The number of benzene rings is 1. The van der Waals surface area contributed by atoms with Gasteiger partial charge in [0.1, 0.15) is 0 Å². The van der Waals surface area contributed by atoms with E-state index in [-0.39, 0.29) is 12.0 Å². The molecule has 1 aliphatic heterocycles. The lowest BCUT2D eigenvalue weighted by Gasteiger charge is -2.24. The molecule has 0 unspecified atom stereocenters. The maximum atomic E-state index is 12.8. The maximum absolute atomic E-state index is 12.8. The Labute approximate surface area is 143 Å². The zero-order chi connectivity index (χ0) is 16.6. The van der Waals surface area contributed by atoms with Crippen molar-refractivity contribution in [1.29, 1.82) is 0 Å². The lowest BCUT2D eigenvalue weighted by Crippen LogP contribution is -2.34. The van der Waals surface area contributed by atoms with E-state index < -0.39 is 0 Å². The minimum absolute atomic E-state index is 0.0918. The molecule has 2 heterocycles. The second kappa shape index (κ2) is 8.60. The topological polar surface area (TPSA) is 42.4 Å². The Kier molecular flexibility index (Phi) is 5.96. The first-order chi connectivity index (χ1) is 11.8. The molecule has 1 aromatic heterocycles. The van der Waals surface area contributed by atoms with E-state index in [9.17, 15) is 4.79 Å². The quantitative estimate of drug-likeness (QED) is 0.785. The summed E-state index contributed by atoms with van der Waals surface area (Å²) in [5.41, 5.74) is 2.36. The first-order valence-corrected chi connectivity index (χ1v) is 8.63. The highest BCUT2D eigenvalue weighted by Gasteiger charge is 2.22. The van der Waals surface area contributed by atoms with Gasteiger partial charge in [0.05, 0.1) is 12.5 Å².